The summed E-state index contributed by atoms with van der Waals surface area (Å²) in [6.07, 6.45) is -4.90. The molecule has 0 aliphatic heterocycles. The van der Waals surface area contributed by atoms with E-state index in [4.69, 9.17) is 9.79 Å². The van der Waals surface area contributed by atoms with Crippen molar-refractivity contribution in [2.24, 2.45) is 0 Å². The highest BCUT2D eigenvalue weighted by atomic mass is 32.5. The van der Waals surface area contributed by atoms with Crippen LogP contribution in [-0.2, 0) is 11.8 Å². The lowest BCUT2D eigenvalue weighted by molar-refractivity contribution is -0.275. The Morgan fingerprint density at radius 2 is 1.62 bits per heavy atom. The van der Waals surface area contributed by atoms with E-state index < -0.39 is 24.6 Å². The van der Waals surface area contributed by atoms with Crippen molar-refractivity contribution in [3.8, 4) is 11.5 Å². The number of halogens is 3. The van der Waals surface area contributed by atoms with Crippen molar-refractivity contribution in [1.82, 2.24) is 0 Å². The Bertz CT molecular complexity index is 416. The lowest BCUT2D eigenvalue weighted by Gasteiger charge is -2.15. The lowest BCUT2D eigenvalue weighted by Crippen LogP contribution is -2.17. The predicted molar refractivity (Wildman–Crippen MR) is 52.5 cm³/mol. The smallest absolute Gasteiger partial charge is 0.420 e. The minimum absolute atomic E-state index is 0.479. The third kappa shape index (κ3) is 4.80. The Labute approximate surface area is 93.5 Å². The summed E-state index contributed by atoms with van der Waals surface area (Å²) in [5, 5.41) is 0. The summed E-state index contributed by atoms with van der Waals surface area (Å²) >= 11 is 4.13. The molecule has 1 aromatic carbocycles. The number of hydrogen-bond donors (Lipinski definition) is 2. The van der Waals surface area contributed by atoms with Crippen LogP contribution >= 0.6 is 6.72 Å². The minimum atomic E-state index is -4.90. The first-order valence-electron chi connectivity index (χ1n) is 3.77. The fraction of sp³-hybridized carbons (Fsp3) is 0.143. The van der Waals surface area contributed by atoms with Gasteiger partial charge in [-0.1, -0.05) is 12.1 Å². The van der Waals surface area contributed by atoms with Crippen LogP contribution in [-0.4, -0.2) is 16.1 Å². The molecule has 0 amide bonds. The Kier molecular flexibility index (Phi) is 3.80. The molecule has 0 heterocycles. The maximum atomic E-state index is 11.9. The Morgan fingerprint density at radius 1 is 1.12 bits per heavy atom. The molecule has 0 aliphatic carbocycles. The lowest BCUT2D eigenvalue weighted by atomic mass is 10.3. The minimum Gasteiger partial charge on any atom is -0.420 e. The van der Waals surface area contributed by atoms with Crippen LogP contribution in [0.25, 0.3) is 0 Å². The van der Waals surface area contributed by atoms with Crippen molar-refractivity contribution < 1.29 is 32.2 Å². The van der Waals surface area contributed by atoms with Gasteiger partial charge in [0.15, 0.2) is 11.5 Å². The van der Waals surface area contributed by atoms with E-state index in [1.165, 1.54) is 12.1 Å². The van der Waals surface area contributed by atoms with E-state index >= 15 is 0 Å². The second-order valence-electron chi connectivity index (χ2n) is 2.58. The van der Waals surface area contributed by atoms with Gasteiger partial charge in [0, 0.05) is 11.8 Å². The third-order valence-corrected chi connectivity index (χ3v) is 1.95. The second kappa shape index (κ2) is 4.58. The SMILES string of the molecule is OP(O)(=S)Oc1ccccc1OC(F)(F)F. The normalized spacial score (nSPS) is 12.3. The molecule has 0 aromatic heterocycles. The van der Waals surface area contributed by atoms with Crippen molar-refractivity contribution in [2.75, 3.05) is 0 Å². The highest BCUT2D eigenvalue weighted by Crippen LogP contribution is 2.43. The van der Waals surface area contributed by atoms with E-state index in [1.54, 1.807) is 0 Å². The molecule has 0 spiro atoms. The Balaban J connectivity index is 2.97. The van der Waals surface area contributed by atoms with Gasteiger partial charge in [0.1, 0.15) is 0 Å². The number of alkyl halides is 3. The standard InChI is InChI=1S/C7H6F3O4PS/c8-7(9,10)13-5-3-1-2-4-6(5)14-15(11,12)16/h1-4H,(H2,11,12,16). The van der Waals surface area contributed by atoms with Crippen LogP contribution < -0.4 is 9.26 Å². The molecule has 0 bridgehead atoms. The van der Waals surface area contributed by atoms with Crippen molar-refractivity contribution in [3.63, 3.8) is 0 Å². The van der Waals surface area contributed by atoms with Crippen LogP contribution in [0, 0.1) is 0 Å². The van der Waals surface area contributed by atoms with Crippen LogP contribution in [0.4, 0.5) is 13.2 Å². The number of para-hydroxylation sites is 2. The maximum Gasteiger partial charge on any atom is 0.573 e. The average molecular weight is 274 g/mol. The van der Waals surface area contributed by atoms with Gasteiger partial charge in [0.05, 0.1) is 0 Å². The molecule has 0 fully saturated rings. The summed E-state index contributed by atoms with van der Waals surface area (Å²) in [5.74, 6) is -1.17. The van der Waals surface area contributed by atoms with Gasteiger partial charge in [-0.05, 0) is 12.1 Å². The van der Waals surface area contributed by atoms with Crippen molar-refractivity contribution in [2.45, 2.75) is 6.36 Å². The van der Waals surface area contributed by atoms with Crippen LogP contribution in [0.3, 0.4) is 0 Å². The van der Waals surface area contributed by atoms with E-state index in [2.05, 4.69) is 21.1 Å². The topological polar surface area (TPSA) is 58.9 Å². The maximum absolute atomic E-state index is 11.9. The quantitative estimate of drug-likeness (QED) is 0.827. The first kappa shape index (κ1) is 13.2. The fourth-order valence-electron chi connectivity index (χ4n) is 0.863. The van der Waals surface area contributed by atoms with Gasteiger partial charge < -0.3 is 19.0 Å². The fourth-order valence-corrected chi connectivity index (χ4v) is 1.51. The van der Waals surface area contributed by atoms with Gasteiger partial charge in [-0.2, -0.15) is 0 Å². The summed E-state index contributed by atoms with van der Waals surface area (Å²) in [6.45, 7) is -4.09. The molecule has 1 rings (SSSR count). The van der Waals surface area contributed by atoms with E-state index in [0.29, 0.717) is 0 Å². The summed E-state index contributed by atoms with van der Waals surface area (Å²) in [6, 6.07) is 4.65. The van der Waals surface area contributed by atoms with Crippen molar-refractivity contribution in [1.29, 1.82) is 0 Å². The van der Waals surface area contributed by atoms with Gasteiger partial charge in [0.2, 0.25) is 0 Å². The molecule has 4 nitrogen and oxygen atoms in total. The number of hydrogen-bond acceptors (Lipinski definition) is 3. The molecule has 9 heteroatoms. The Morgan fingerprint density at radius 3 is 2.06 bits per heavy atom. The molecule has 0 saturated heterocycles. The third-order valence-electron chi connectivity index (χ3n) is 1.29. The first-order chi connectivity index (χ1) is 7.17. The molecule has 0 saturated carbocycles. The van der Waals surface area contributed by atoms with E-state index in [-0.39, 0.29) is 0 Å². The zero-order valence-electron chi connectivity index (χ0n) is 7.51. The van der Waals surface area contributed by atoms with Gasteiger partial charge in [-0.3, -0.25) is 0 Å². The molecule has 16 heavy (non-hydrogen) atoms. The zero-order valence-corrected chi connectivity index (χ0v) is 9.22. The Hall–Kier alpha value is -0.820. The number of ether oxygens (including phenoxy) is 1. The van der Waals surface area contributed by atoms with Crippen LogP contribution in [0.15, 0.2) is 24.3 Å². The van der Waals surface area contributed by atoms with Crippen molar-refractivity contribution >= 4 is 18.5 Å². The summed E-state index contributed by atoms with van der Waals surface area (Å²) in [5.41, 5.74) is 0. The largest absolute Gasteiger partial charge is 0.573 e. The van der Waals surface area contributed by atoms with E-state index in [0.717, 1.165) is 12.1 Å². The van der Waals surface area contributed by atoms with Crippen LogP contribution in [0.1, 0.15) is 0 Å². The number of benzene rings is 1. The summed E-state index contributed by atoms with van der Waals surface area (Å²) in [4.78, 5) is 17.6. The second-order valence-corrected chi connectivity index (χ2v) is 5.17. The highest BCUT2D eigenvalue weighted by molar-refractivity contribution is 8.06. The van der Waals surface area contributed by atoms with E-state index in [1.807, 2.05) is 0 Å². The molecule has 90 valence electrons. The monoisotopic (exact) mass is 274 g/mol. The van der Waals surface area contributed by atoms with Crippen LogP contribution in [0.5, 0.6) is 11.5 Å². The molecule has 2 N–H and O–H groups in total. The predicted octanol–water partition coefficient (Wildman–Crippen LogP) is 2.17. The summed E-state index contributed by atoms with van der Waals surface area (Å²) < 4.78 is 43.8. The summed E-state index contributed by atoms with van der Waals surface area (Å²) in [7, 11) is 0. The van der Waals surface area contributed by atoms with Crippen LogP contribution in [0.2, 0.25) is 0 Å². The molecular formula is C7H6F3O4PS. The van der Waals surface area contributed by atoms with Gasteiger partial charge in [-0.15, -0.1) is 13.2 Å². The van der Waals surface area contributed by atoms with Gasteiger partial charge >= 0.3 is 13.1 Å². The molecule has 0 unspecified atom stereocenters. The molecule has 1 aromatic rings. The van der Waals surface area contributed by atoms with Crippen molar-refractivity contribution in [3.05, 3.63) is 24.3 Å². The molecular weight excluding hydrogens is 268 g/mol. The number of rotatable bonds is 3. The van der Waals surface area contributed by atoms with E-state index in [9.17, 15) is 13.2 Å². The molecule has 0 atom stereocenters. The molecule has 0 radical (unpaired) electrons. The highest BCUT2D eigenvalue weighted by Gasteiger charge is 2.32. The van der Waals surface area contributed by atoms with Gasteiger partial charge in [-0.25, -0.2) is 0 Å². The molecule has 0 aliphatic rings. The van der Waals surface area contributed by atoms with Gasteiger partial charge in [0.25, 0.3) is 0 Å². The zero-order chi connectivity index (χ0) is 12.4. The first-order valence-corrected chi connectivity index (χ1v) is 6.40. The average Bonchev–Trinajstić information content (AvgIpc) is 2.03.